The van der Waals surface area contributed by atoms with E-state index < -0.39 is 0 Å². The highest BCUT2D eigenvalue weighted by molar-refractivity contribution is 5.77. The van der Waals surface area contributed by atoms with Crippen LogP contribution in [-0.2, 0) is 16.0 Å². The van der Waals surface area contributed by atoms with E-state index in [1.165, 1.54) is 5.57 Å². The molecule has 4 rings (SSSR count). The Morgan fingerprint density at radius 2 is 2.12 bits per heavy atom. The number of nitrogens with one attached hydrogen (secondary N) is 1. The van der Waals surface area contributed by atoms with Crippen LogP contribution in [0.3, 0.4) is 0 Å². The van der Waals surface area contributed by atoms with E-state index in [0.29, 0.717) is 12.8 Å². The van der Waals surface area contributed by atoms with Gasteiger partial charge in [-0.15, -0.1) is 0 Å². The minimum atomic E-state index is -0.127. The van der Waals surface area contributed by atoms with Crippen LogP contribution in [0.4, 0.5) is 0 Å². The molecule has 2 aromatic rings. The number of ether oxygens (including phenoxy) is 1. The summed E-state index contributed by atoms with van der Waals surface area (Å²) in [4.78, 5) is 22.4. The fourth-order valence-electron chi connectivity index (χ4n) is 3.91. The van der Waals surface area contributed by atoms with Crippen molar-refractivity contribution < 1.29 is 9.53 Å². The number of imidazole rings is 1. The topological polar surface area (TPSA) is 58.2 Å². The van der Waals surface area contributed by atoms with Gasteiger partial charge in [-0.3, -0.25) is 4.79 Å². The number of likely N-dealkylation sites (tertiary alicyclic amines) is 1. The predicted octanol–water partition coefficient (Wildman–Crippen LogP) is 3.22. The molecule has 1 N–H and O–H groups in total. The molecule has 2 aliphatic heterocycles. The molecule has 25 heavy (non-hydrogen) atoms. The first-order valence-electron chi connectivity index (χ1n) is 9.17. The van der Waals surface area contributed by atoms with Crippen molar-refractivity contribution in [1.29, 1.82) is 0 Å². The van der Waals surface area contributed by atoms with Crippen molar-refractivity contribution in [3.05, 3.63) is 41.7 Å². The van der Waals surface area contributed by atoms with Crippen molar-refractivity contribution in [3.63, 3.8) is 0 Å². The van der Waals surface area contributed by atoms with Gasteiger partial charge in [0.2, 0.25) is 5.91 Å². The molecule has 0 saturated carbocycles. The maximum absolute atomic E-state index is 12.6. The third kappa shape index (κ3) is 3.47. The summed E-state index contributed by atoms with van der Waals surface area (Å²) < 4.78 is 6.04. The van der Waals surface area contributed by atoms with Crippen molar-refractivity contribution in [3.8, 4) is 0 Å². The fraction of sp³-hybridized carbons (Fsp3) is 0.500. The number of para-hydroxylation sites is 2. The fourth-order valence-corrected chi connectivity index (χ4v) is 3.91. The lowest BCUT2D eigenvalue weighted by Gasteiger charge is -2.42. The first-order chi connectivity index (χ1) is 12.1. The Morgan fingerprint density at radius 1 is 1.32 bits per heavy atom. The van der Waals surface area contributed by atoms with Crippen molar-refractivity contribution in [1.82, 2.24) is 14.9 Å². The Hall–Kier alpha value is -2.14. The lowest BCUT2D eigenvalue weighted by molar-refractivity contribution is -0.136. The van der Waals surface area contributed by atoms with Crippen LogP contribution in [0.25, 0.3) is 11.0 Å². The molecule has 5 heteroatoms. The van der Waals surface area contributed by atoms with Gasteiger partial charge in [0.05, 0.1) is 23.2 Å². The number of aromatic nitrogens is 2. The molecular weight excluding hydrogens is 314 g/mol. The Labute approximate surface area is 148 Å². The molecule has 132 valence electrons. The zero-order valence-corrected chi connectivity index (χ0v) is 14.8. The molecular formula is C20H25N3O2. The normalized spacial score (nSPS) is 20.0. The Kier molecular flexibility index (Phi) is 4.34. The van der Waals surface area contributed by atoms with E-state index in [1.54, 1.807) is 0 Å². The first-order valence-corrected chi connectivity index (χ1v) is 9.17. The number of piperidine rings is 1. The number of amides is 1. The molecule has 1 aromatic heterocycles. The van der Waals surface area contributed by atoms with Gasteiger partial charge in [-0.1, -0.05) is 23.8 Å². The molecule has 1 spiro atoms. The van der Waals surface area contributed by atoms with Crippen LogP contribution in [0.15, 0.2) is 35.9 Å². The molecule has 3 heterocycles. The van der Waals surface area contributed by atoms with Gasteiger partial charge in [-0.2, -0.15) is 0 Å². The van der Waals surface area contributed by atoms with Crippen molar-refractivity contribution >= 4 is 16.9 Å². The number of benzene rings is 1. The number of nitrogens with zero attached hydrogens (tertiary/aromatic N) is 2. The Bertz CT molecular complexity index is 767. The summed E-state index contributed by atoms with van der Waals surface area (Å²) in [7, 11) is 0. The van der Waals surface area contributed by atoms with Gasteiger partial charge in [0, 0.05) is 25.9 Å². The summed E-state index contributed by atoms with van der Waals surface area (Å²) in [6, 6.07) is 7.96. The zero-order chi connectivity index (χ0) is 17.3. The average molecular weight is 339 g/mol. The van der Waals surface area contributed by atoms with Crippen molar-refractivity contribution in [2.75, 3.05) is 19.7 Å². The monoisotopic (exact) mass is 339 g/mol. The number of fused-ring (bicyclic) bond motifs is 1. The summed E-state index contributed by atoms with van der Waals surface area (Å²) in [5, 5.41) is 0. The molecule has 2 aliphatic rings. The molecule has 0 bridgehead atoms. The molecule has 1 amide bonds. The second-order valence-electron chi connectivity index (χ2n) is 7.24. The molecule has 0 atom stereocenters. The van der Waals surface area contributed by atoms with Crippen LogP contribution in [0.5, 0.6) is 0 Å². The number of carbonyl (C=O) groups is 1. The Morgan fingerprint density at radius 3 is 2.88 bits per heavy atom. The summed E-state index contributed by atoms with van der Waals surface area (Å²) in [5.74, 6) is 1.10. The molecule has 0 aliphatic carbocycles. The van der Waals surface area contributed by atoms with Crippen LogP contribution in [-0.4, -0.2) is 46.1 Å². The lowest BCUT2D eigenvalue weighted by Crippen LogP contribution is -2.48. The average Bonchev–Trinajstić information content (AvgIpc) is 3.03. The largest absolute Gasteiger partial charge is 0.370 e. The maximum atomic E-state index is 12.6. The summed E-state index contributed by atoms with van der Waals surface area (Å²) >= 11 is 0. The van der Waals surface area contributed by atoms with Crippen LogP contribution >= 0.6 is 0 Å². The van der Waals surface area contributed by atoms with Gasteiger partial charge in [-0.05, 0) is 38.3 Å². The molecule has 1 aromatic carbocycles. The minimum Gasteiger partial charge on any atom is -0.370 e. The van der Waals surface area contributed by atoms with Gasteiger partial charge in [0.15, 0.2) is 0 Å². The molecule has 0 radical (unpaired) electrons. The van der Waals surface area contributed by atoms with E-state index in [9.17, 15) is 4.79 Å². The van der Waals surface area contributed by atoms with Crippen LogP contribution in [0.1, 0.15) is 38.4 Å². The number of H-pyrrole nitrogens is 1. The summed E-state index contributed by atoms with van der Waals surface area (Å²) in [5.41, 5.74) is 3.27. The predicted molar refractivity (Wildman–Crippen MR) is 97.3 cm³/mol. The highest BCUT2D eigenvalue weighted by atomic mass is 16.5. The highest BCUT2D eigenvalue weighted by Crippen LogP contribution is 2.33. The molecule has 1 saturated heterocycles. The summed E-state index contributed by atoms with van der Waals surface area (Å²) in [6.07, 6.45) is 6.28. The van der Waals surface area contributed by atoms with Crippen LogP contribution in [0.2, 0.25) is 0 Å². The lowest BCUT2D eigenvalue weighted by atomic mass is 9.87. The van der Waals surface area contributed by atoms with Crippen molar-refractivity contribution in [2.45, 2.75) is 44.6 Å². The third-order valence-corrected chi connectivity index (χ3v) is 5.37. The number of aryl methyl sites for hydroxylation is 1. The quantitative estimate of drug-likeness (QED) is 0.874. The Balaban J connectivity index is 1.32. The first kappa shape index (κ1) is 16.3. The molecule has 0 unspecified atom stereocenters. The second-order valence-corrected chi connectivity index (χ2v) is 7.24. The number of rotatable bonds is 3. The van der Waals surface area contributed by atoms with Gasteiger partial charge >= 0.3 is 0 Å². The van der Waals surface area contributed by atoms with Gasteiger partial charge in [-0.25, -0.2) is 4.98 Å². The second kappa shape index (κ2) is 6.64. The van der Waals surface area contributed by atoms with E-state index >= 15 is 0 Å². The van der Waals surface area contributed by atoms with Gasteiger partial charge in [0.1, 0.15) is 5.82 Å². The summed E-state index contributed by atoms with van der Waals surface area (Å²) in [6.45, 7) is 4.54. The van der Waals surface area contributed by atoms with Crippen LogP contribution in [0, 0.1) is 0 Å². The number of hydrogen-bond acceptors (Lipinski definition) is 3. The maximum Gasteiger partial charge on any atom is 0.223 e. The molecule has 5 nitrogen and oxygen atoms in total. The van der Waals surface area contributed by atoms with Crippen LogP contribution < -0.4 is 0 Å². The van der Waals surface area contributed by atoms with E-state index in [1.807, 2.05) is 29.2 Å². The number of carbonyl (C=O) groups excluding carboxylic acids is 1. The SMILES string of the molecule is CC1=CC2(CCN(C(=O)CCc3nc4ccccc4[nH]3)CC2)OCC1. The molecule has 1 fully saturated rings. The number of aromatic amines is 1. The third-order valence-electron chi connectivity index (χ3n) is 5.37. The van der Waals surface area contributed by atoms with Crippen molar-refractivity contribution in [2.24, 2.45) is 0 Å². The van der Waals surface area contributed by atoms with Gasteiger partial charge < -0.3 is 14.6 Å². The van der Waals surface area contributed by atoms with E-state index in [-0.39, 0.29) is 11.5 Å². The minimum absolute atomic E-state index is 0.127. The van der Waals surface area contributed by atoms with E-state index in [2.05, 4.69) is 23.0 Å². The van der Waals surface area contributed by atoms with E-state index in [0.717, 1.165) is 55.8 Å². The van der Waals surface area contributed by atoms with E-state index in [4.69, 9.17) is 4.74 Å². The standard InChI is InChI=1S/C20H25N3O2/c1-15-8-13-25-20(14-15)9-11-23(12-10-20)19(24)7-6-18-21-16-4-2-3-5-17(16)22-18/h2-5,14H,6-13H2,1H3,(H,21,22). The zero-order valence-electron chi connectivity index (χ0n) is 14.8. The van der Waals surface area contributed by atoms with Gasteiger partial charge in [0.25, 0.3) is 0 Å². The number of hydrogen-bond donors (Lipinski definition) is 1. The highest BCUT2D eigenvalue weighted by Gasteiger charge is 2.36. The smallest absolute Gasteiger partial charge is 0.223 e.